The van der Waals surface area contributed by atoms with E-state index < -0.39 is 29.5 Å². The topological polar surface area (TPSA) is 99.2 Å². The van der Waals surface area contributed by atoms with E-state index in [4.69, 9.17) is 14.2 Å². The number of esters is 2. The summed E-state index contributed by atoms with van der Waals surface area (Å²) in [6.45, 7) is 1.93. The van der Waals surface area contributed by atoms with Crippen molar-refractivity contribution in [3.8, 4) is 0 Å². The van der Waals surface area contributed by atoms with E-state index >= 15 is 0 Å². The number of ketones is 1. The van der Waals surface area contributed by atoms with Crippen LogP contribution in [0.2, 0.25) is 0 Å². The van der Waals surface area contributed by atoms with Crippen molar-refractivity contribution in [3.63, 3.8) is 0 Å². The molecule has 0 saturated carbocycles. The molecule has 2 unspecified atom stereocenters. The van der Waals surface area contributed by atoms with Crippen molar-refractivity contribution in [3.05, 3.63) is 47.5 Å². The molecule has 0 bridgehead atoms. The summed E-state index contributed by atoms with van der Waals surface area (Å²) in [6, 6.07) is 7.62. The van der Waals surface area contributed by atoms with E-state index in [2.05, 4.69) is 0 Å². The van der Waals surface area contributed by atoms with Gasteiger partial charge in [-0.3, -0.25) is 19.2 Å². The highest BCUT2D eigenvalue weighted by Crippen LogP contribution is 2.43. The first kappa shape index (κ1) is 20.7. The smallest absolute Gasteiger partial charge is 0.320 e. The fourth-order valence-corrected chi connectivity index (χ4v) is 3.86. The highest BCUT2D eigenvalue weighted by atomic mass is 16.6. The van der Waals surface area contributed by atoms with Crippen molar-refractivity contribution < 1.29 is 33.4 Å². The lowest BCUT2D eigenvalue weighted by Gasteiger charge is -2.44. The molecule has 1 aromatic carbocycles. The Bertz CT molecular complexity index is 844. The number of carbonyl (C=O) groups is 4. The lowest BCUT2D eigenvalue weighted by Crippen LogP contribution is -2.57. The number of benzene rings is 1. The second-order valence-electron chi connectivity index (χ2n) is 7.14. The van der Waals surface area contributed by atoms with Gasteiger partial charge >= 0.3 is 11.9 Å². The van der Waals surface area contributed by atoms with Gasteiger partial charge < -0.3 is 19.1 Å². The minimum atomic E-state index is -1.43. The average Bonchev–Trinajstić information content (AvgIpc) is 3.02. The average molecular weight is 401 g/mol. The van der Waals surface area contributed by atoms with E-state index in [1.165, 1.54) is 17.1 Å². The van der Waals surface area contributed by atoms with Gasteiger partial charge in [-0.1, -0.05) is 29.8 Å². The molecular weight excluding hydrogens is 378 g/mol. The SMILES string of the molecule is COC(=O)C(C(=O)OC)C1CC(=O)C=CC12OCC(=O)N2Cc1ccc(C)cc1. The Balaban J connectivity index is 2.05. The van der Waals surface area contributed by atoms with Gasteiger partial charge in [-0.15, -0.1) is 0 Å². The Hall–Kier alpha value is -3.00. The minimum absolute atomic E-state index is 0.164. The Labute approximate surface area is 168 Å². The number of allylic oxidation sites excluding steroid dienone is 1. The number of methoxy groups -OCH3 is 2. The van der Waals surface area contributed by atoms with Crippen LogP contribution in [0.3, 0.4) is 0 Å². The number of aryl methyl sites for hydroxylation is 1. The van der Waals surface area contributed by atoms with E-state index in [0.717, 1.165) is 25.3 Å². The molecule has 3 rings (SSSR count). The van der Waals surface area contributed by atoms with Gasteiger partial charge in [0.2, 0.25) is 0 Å². The number of nitrogens with zero attached hydrogens (tertiary/aromatic N) is 1. The molecule has 1 amide bonds. The van der Waals surface area contributed by atoms with Crippen molar-refractivity contribution in [1.82, 2.24) is 4.90 Å². The quantitative estimate of drug-likeness (QED) is 0.539. The third-order valence-electron chi connectivity index (χ3n) is 5.38. The summed E-state index contributed by atoms with van der Waals surface area (Å²) in [6.07, 6.45) is 2.62. The fraction of sp³-hybridized carbons (Fsp3) is 0.429. The molecule has 1 aliphatic carbocycles. The van der Waals surface area contributed by atoms with Crippen LogP contribution in [0.4, 0.5) is 0 Å². The molecule has 154 valence electrons. The zero-order valence-electron chi connectivity index (χ0n) is 16.5. The second kappa shape index (κ2) is 8.16. The first-order valence-corrected chi connectivity index (χ1v) is 9.20. The summed E-state index contributed by atoms with van der Waals surface area (Å²) in [5.74, 6) is -4.66. The van der Waals surface area contributed by atoms with Gasteiger partial charge in [0.25, 0.3) is 5.91 Å². The standard InChI is InChI=1S/C21H23NO7/c1-13-4-6-14(7-5-13)11-22-17(24)12-29-21(22)9-8-15(23)10-16(21)18(19(25)27-2)20(26)28-3/h4-9,16,18H,10-12H2,1-3H3. The number of amides is 1. The second-order valence-corrected chi connectivity index (χ2v) is 7.14. The monoisotopic (exact) mass is 401 g/mol. The number of rotatable bonds is 5. The highest BCUT2D eigenvalue weighted by Gasteiger charge is 2.58. The summed E-state index contributed by atoms with van der Waals surface area (Å²) >= 11 is 0. The first-order chi connectivity index (χ1) is 13.8. The van der Waals surface area contributed by atoms with Crippen molar-refractivity contribution in [2.75, 3.05) is 20.8 Å². The Morgan fingerprint density at radius 1 is 1.17 bits per heavy atom. The van der Waals surface area contributed by atoms with Crippen LogP contribution in [0.5, 0.6) is 0 Å². The molecular formula is C21H23NO7. The van der Waals surface area contributed by atoms with Crippen LogP contribution < -0.4 is 0 Å². The third kappa shape index (κ3) is 3.80. The van der Waals surface area contributed by atoms with Crippen LogP contribution in [-0.2, 0) is 39.9 Å². The maximum Gasteiger partial charge on any atom is 0.320 e. The van der Waals surface area contributed by atoms with E-state index in [1.54, 1.807) is 0 Å². The molecule has 0 aromatic heterocycles. The minimum Gasteiger partial charge on any atom is -0.468 e. The van der Waals surface area contributed by atoms with E-state index in [1.807, 2.05) is 31.2 Å². The van der Waals surface area contributed by atoms with Crippen LogP contribution in [0.1, 0.15) is 17.5 Å². The molecule has 1 aliphatic heterocycles. The van der Waals surface area contributed by atoms with Crippen LogP contribution in [0, 0.1) is 18.8 Å². The molecule has 1 heterocycles. The van der Waals surface area contributed by atoms with Crippen molar-refractivity contribution in [2.45, 2.75) is 25.6 Å². The van der Waals surface area contributed by atoms with Crippen LogP contribution in [-0.4, -0.2) is 55.1 Å². The van der Waals surface area contributed by atoms with Gasteiger partial charge in [-0.2, -0.15) is 0 Å². The van der Waals surface area contributed by atoms with Gasteiger partial charge in [-0.05, 0) is 24.6 Å². The maximum atomic E-state index is 12.7. The fourth-order valence-electron chi connectivity index (χ4n) is 3.86. The van der Waals surface area contributed by atoms with Crippen LogP contribution in [0.15, 0.2) is 36.4 Å². The molecule has 1 fully saturated rings. The Morgan fingerprint density at radius 2 is 1.79 bits per heavy atom. The summed E-state index contributed by atoms with van der Waals surface area (Å²) < 4.78 is 15.4. The van der Waals surface area contributed by atoms with E-state index in [0.29, 0.717) is 0 Å². The highest BCUT2D eigenvalue weighted by molar-refractivity contribution is 5.98. The number of hydrogen-bond donors (Lipinski definition) is 0. The van der Waals surface area contributed by atoms with Crippen molar-refractivity contribution in [1.29, 1.82) is 0 Å². The molecule has 1 spiro atoms. The van der Waals surface area contributed by atoms with Gasteiger partial charge in [-0.25, -0.2) is 0 Å². The Morgan fingerprint density at radius 3 is 2.38 bits per heavy atom. The van der Waals surface area contributed by atoms with E-state index in [9.17, 15) is 19.2 Å². The molecule has 1 saturated heterocycles. The predicted octanol–water partition coefficient (Wildman–Crippen LogP) is 1.16. The summed E-state index contributed by atoms with van der Waals surface area (Å²) in [7, 11) is 2.30. The van der Waals surface area contributed by atoms with Crippen LogP contribution >= 0.6 is 0 Å². The van der Waals surface area contributed by atoms with Crippen LogP contribution in [0.25, 0.3) is 0 Å². The summed E-state index contributed by atoms with van der Waals surface area (Å²) in [4.78, 5) is 51.2. The molecule has 2 aliphatic rings. The third-order valence-corrected chi connectivity index (χ3v) is 5.38. The number of carbonyl (C=O) groups excluding carboxylic acids is 4. The number of hydrogen-bond acceptors (Lipinski definition) is 7. The molecule has 29 heavy (non-hydrogen) atoms. The van der Waals surface area contributed by atoms with Gasteiger partial charge in [0.15, 0.2) is 17.4 Å². The van der Waals surface area contributed by atoms with Gasteiger partial charge in [0.05, 0.1) is 14.2 Å². The molecule has 8 nitrogen and oxygen atoms in total. The predicted molar refractivity (Wildman–Crippen MR) is 100 cm³/mol. The summed E-state index contributed by atoms with van der Waals surface area (Å²) in [5.41, 5.74) is 0.499. The first-order valence-electron chi connectivity index (χ1n) is 9.20. The molecule has 0 N–H and O–H groups in total. The molecule has 0 radical (unpaired) electrons. The zero-order chi connectivity index (χ0) is 21.2. The van der Waals surface area contributed by atoms with Crippen molar-refractivity contribution in [2.24, 2.45) is 11.8 Å². The lowest BCUT2D eigenvalue weighted by atomic mass is 9.75. The lowest BCUT2D eigenvalue weighted by molar-refractivity contribution is -0.176. The van der Waals surface area contributed by atoms with Crippen molar-refractivity contribution >= 4 is 23.6 Å². The molecule has 8 heteroatoms. The Kier molecular flexibility index (Phi) is 5.83. The maximum absolute atomic E-state index is 12.7. The summed E-state index contributed by atoms with van der Waals surface area (Å²) in [5, 5.41) is 0. The molecule has 1 aromatic rings. The normalized spacial score (nSPS) is 23.7. The largest absolute Gasteiger partial charge is 0.468 e. The van der Waals surface area contributed by atoms with Gasteiger partial charge in [0, 0.05) is 18.9 Å². The van der Waals surface area contributed by atoms with Gasteiger partial charge in [0.1, 0.15) is 6.61 Å². The number of ether oxygens (including phenoxy) is 3. The zero-order valence-corrected chi connectivity index (χ0v) is 16.5. The van der Waals surface area contributed by atoms with E-state index in [-0.39, 0.29) is 31.3 Å². The molecule has 2 atom stereocenters.